The number of hydrogen-bond acceptors (Lipinski definition) is 1. The van der Waals surface area contributed by atoms with E-state index in [1.165, 1.54) is 24.9 Å². The zero-order chi connectivity index (χ0) is 11.5. The number of benzene rings is 1. The highest BCUT2D eigenvalue weighted by atomic mass is 79.9. The van der Waals surface area contributed by atoms with Crippen LogP contribution in [0.3, 0.4) is 0 Å². The summed E-state index contributed by atoms with van der Waals surface area (Å²) >= 11 is 3.48. The second kappa shape index (κ2) is 5.33. The molecule has 0 atom stereocenters. The first-order valence-corrected chi connectivity index (χ1v) is 6.93. The maximum absolute atomic E-state index is 3.48. The minimum atomic E-state index is 0.643. The summed E-state index contributed by atoms with van der Waals surface area (Å²) in [7, 11) is 0. The van der Waals surface area contributed by atoms with E-state index in [0.29, 0.717) is 6.04 Å². The molecule has 1 aliphatic rings. The van der Waals surface area contributed by atoms with Crippen LogP contribution >= 0.6 is 15.9 Å². The van der Waals surface area contributed by atoms with Crippen LogP contribution in [0.5, 0.6) is 0 Å². The summed E-state index contributed by atoms with van der Waals surface area (Å²) in [6.45, 7) is 6.94. The van der Waals surface area contributed by atoms with Crippen LogP contribution < -0.4 is 0 Å². The monoisotopic (exact) mass is 281 g/mol. The van der Waals surface area contributed by atoms with Crippen LogP contribution in [0.4, 0.5) is 0 Å². The van der Waals surface area contributed by atoms with Crippen LogP contribution in [0, 0.1) is 5.92 Å². The Morgan fingerprint density at radius 3 is 2.38 bits per heavy atom. The number of halogens is 1. The fourth-order valence-corrected chi connectivity index (χ4v) is 2.18. The van der Waals surface area contributed by atoms with Crippen LogP contribution in [0.2, 0.25) is 0 Å². The van der Waals surface area contributed by atoms with Crippen molar-refractivity contribution in [3.05, 3.63) is 34.3 Å². The highest BCUT2D eigenvalue weighted by Gasteiger charge is 2.25. The number of rotatable bonds is 5. The van der Waals surface area contributed by atoms with Gasteiger partial charge in [0.15, 0.2) is 0 Å². The van der Waals surface area contributed by atoms with Gasteiger partial charge in [0.1, 0.15) is 0 Å². The van der Waals surface area contributed by atoms with Gasteiger partial charge >= 0.3 is 0 Å². The summed E-state index contributed by atoms with van der Waals surface area (Å²) in [5.74, 6) is 0.970. The normalized spacial score (nSPS) is 16.1. The lowest BCUT2D eigenvalue weighted by molar-refractivity contribution is 0.204. The Bertz CT molecular complexity index is 327. The van der Waals surface area contributed by atoms with Gasteiger partial charge in [-0.15, -0.1) is 0 Å². The predicted molar refractivity (Wildman–Crippen MR) is 72.4 cm³/mol. The summed E-state index contributed by atoms with van der Waals surface area (Å²) in [4.78, 5) is 2.58. The minimum Gasteiger partial charge on any atom is -0.296 e. The van der Waals surface area contributed by atoms with Gasteiger partial charge in [0, 0.05) is 23.6 Å². The van der Waals surface area contributed by atoms with Crippen molar-refractivity contribution in [2.24, 2.45) is 5.92 Å². The van der Waals surface area contributed by atoms with Crippen molar-refractivity contribution in [2.75, 3.05) is 6.54 Å². The van der Waals surface area contributed by atoms with Gasteiger partial charge in [0.05, 0.1) is 0 Å². The summed E-state index contributed by atoms with van der Waals surface area (Å²) in [6, 6.07) is 9.33. The summed E-state index contributed by atoms with van der Waals surface area (Å²) < 4.78 is 1.16. The van der Waals surface area contributed by atoms with Crippen LogP contribution in [-0.2, 0) is 6.54 Å². The van der Waals surface area contributed by atoms with Gasteiger partial charge in [-0.05, 0) is 50.3 Å². The lowest BCUT2D eigenvalue weighted by Crippen LogP contribution is -2.32. The predicted octanol–water partition coefficient (Wildman–Crippen LogP) is 4.07. The molecule has 1 nitrogen and oxygen atoms in total. The smallest absolute Gasteiger partial charge is 0.0236 e. The molecule has 0 bridgehead atoms. The minimum absolute atomic E-state index is 0.643. The van der Waals surface area contributed by atoms with Gasteiger partial charge in [-0.25, -0.2) is 0 Å². The van der Waals surface area contributed by atoms with Crippen molar-refractivity contribution in [1.29, 1.82) is 0 Å². The van der Waals surface area contributed by atoms with E-state index in [2.05, 4.69) is 58.9 Å². The molecule has 1 aromatic rings. The molecule has 1 saturated carbocycles. The molecule has 88 valence electrons. The van der Waals surface area contributed by atoms with Crippen LogP contribution in [0.25, 0.3) is 0 Å². The van der Waals surface area contributed by atoms with Gasteiger partial charge in [-0.1, -0.05) is 28.1 Å². The van der Waals surface area contributed by atoms with E-state index >= 15 is 0 Å². The molecule has 2 heteroatoms. The Hall–Kier alpha value is -0.340. The van der Waals surface area contributed by atoms with Crippen molar-refractivity contribution in [1.82, 2.24) is 4.90 Å². The molecule has 0 spiro atoms. The van der Waals surface area contributed by atoms with Crippen LogP contribution in [0.1, 0.15) is 32.3 Å². The lowest BCUT2D eigenvalue weighted by atomic mass is 10.2. The molecule has 0 saturated heterocycles. The van der Waals surface area contributed by atoms with Crippen molar-refractivity contribution >= 4 is 15.9 Å². The first-order valence-electron chi connectivity index (χ1n) is 6.13. The molecule has 16 heavy (non-hydrogen) atoms. The van der Waals surface area contributed by atoms with Gasteiger partial charge in [-0.2, -0.15) is 0 Å². The molecule has 0 radical (unpaired) electrons. The van der Waals surface area contributed by atoms with E-state index in [4.69, 9.17) is 0 Å². The van der Waals surface area contributed by atoms with Crippen LogP contribution in [0.15, 0.2) is 28.7 Å². The molecule has 2 rings (SSSR count). The summed E-state index contributed by atoms with van der Waals surface area (Å²) in [5, 5.41) is 0. The third-order valence-electron chi connectivity index (χ3n) is 3.22. The highest BCUT2D eigenvalue weighted by molar-refractivity contribution is 9.10. The maximum atomic E-state index is 3.48. The Labute approximate surface area is 107 Å². The van der Waals surface area contributed by atoms with Crippen molar-refractivity contribution in [3.8, 4) is 0 Å². The zero-order valence-electron chi connectivity index (χ0n) is 10.1. The molecule has 0 aromatic heterocycles. The van der Waals surface area contributed by atoms with E-state index in [9.17, 15) is 0 Å². The molecule has 0 unspecified atom stereocenters. The highest BCUT2D eigenvalue weighted by Crippen LogP contribution is 2.30. The number of nitrogens with zero attached hydrogens (tertiary/aromatic N) is 1. The standard InChI is InChI=1S/C14H20BrN/c1-11(2)16(9-12-3-4-12)10-13-5-7-14(15)8-6-13/h5-8,11-12H,3-4,9-10H2,1-2H3. The molecule has 0 heterocycles. The topological polar surface area (TPSA) is 3.24 Å². The van der Waals surface area contributed by atoms with E-state index < -0.39 is 0 Å². The maximum Gasteiger partial charge on any atom is 0.0236 e. The summed E-state index contributed by atoms with van der Waals surface area (Å²) in [6.07, 6.45) is 2.87. The Morgan fingerprint density at radius 1 is 1.25 bits per heavy atom. The van der Waals surface area contributed by atoms with Crippen molar-refractivity contribution in [3.63, 3.8) is 0 Å². The summed E-state index contributed by atoms with van der Waals surface area (Å²) in [5.41, 5.74) is 1.41. The fraction of sp³-hybridized carbons (Fsp3) is 0.571. The quantitative estimate of drug-likeness (QED) is 0.787. The van der Waals surface area contributed by atoms with Crippen LogP contribution in [-0.4, -0.2) is 17.5 Å². The molecular formula is C14H20BrN. The van der Waals surface area contributed by atoms with Crippen molar-refractivity contribution in [2.45, 2.75) is 39.3 Å². The molecule has 0 amide bonds. The number of hydrogen-bond donors (Lipinski definition) is 0. The Kier molecular flexibility index (Phi) is 4.04. The fourth-order valence-electron chi connectivity index (χ4n) is 1.91. The first kappa shape index (κ1) is 12.1. The van der Waals surface area contributed by atoms with E-state index in [0.717, 1.165) is 16.9 Å². The van der Waals surface area contributed by atoms with E-state index in [1.54, 1.807) is 0 Å². The average molecular weight is 282 g/mol. The van der Waals surface area contributed by atoms with Gasteiger partial charge in [0.25, 0.3) is 0 Å². The molecule has 1 aliphatic carbocycles. The third kappa shape index (κ3) is 3.60. The van der Waals surface area contributed by atoms with Gasteiger partial charge in [-0.3, -0.25) is 4.90 Å². The zero-order valence-corrected chi connectivity index (χ0v) is 11.7. The first-order chi connectivity index (χ1) is 7.65. The second-order valence-electron chi connectivity index (χ2n) is 5.09. The molecule has 0 N–H and O–H groups in total. The lowest BCUT2D eigenvalue weighted by Gasteiger charge is -2.26. The molecule has 1 aromatic carbocycles. The molecular weight excluding hydrogens is 262 g/mol. The largest absolute Gasteiger partial charge is 0.296 e. The average Bonchev–Trinajstić information content (AvgIpc) is 3.04. The van der Waals surface area contributed by atoms with E-state index in [-0.39, 0.29) is 0 Å². The second-order valence-corrected chi connectivity index (χ2v) is 6.01. The third-order valence-corrected chi connectivity index (χ3v) is 3.75. The molecule has 1 fully saturated rings. The van der Waals surface area contributed by atoms with Gasteiger partial charge in [0.2, 0.25) is 0 Å². The Morgan fingerprint density at radius 2 is 1.88 bits per heavy atom. The molecule has 0 aliphatic heterocycles. The van der Waals surface area contributed by atoms with Gasteiger partial charge < -0.3 is 0 Å². The SMILES string of the molecule is CC(C)N(Cc1ccc(Br)cc1)CC1CC1. The Balaban J connectivity index is 1.95. The van der Waals surface area contributed by atoms with E-state index in [1.807, 2.05) is 0 Å². The van der Waals surface area contributed by atoms with Crippen molar-refractivity contribution < 1.29 is 0 Å².